The van der Waals surface area contributed by atoms with Crippen LogP contribution in [0.2, 0.25) is 0 Å². The van der Waals surface area contributed by atoms with Crippen LogP contribution in [0.25, 0.3) is 0 Å². The summed E-state index contributed by atoms with van der Waals surface area (Å²) in [6.07, 6.45) is -1.44. The third-order valence-electron chi connectivity index (χ3n) is 7.90. The lowest BCUT2D eigenvalue weighted by molar-refractivity contribution is -0.274. The van der Waals surface area contributed by atoms with Gasteiger partial charge >= 0.3 is 6.36 Å². The number of nitrogens with zero attached hydrogens (tertiary/aromatic N) is 2. The third kappa shape index (κ3) is 6.85. The van der Waals surface area contributed by atoms with Crippen molar-refractivity contribution >= 4 is 17.5 Å². The summed E-state index contributed by atoms with van der Waals surface area (Å²) in [4.78, 5) is 42.4. The number of aromatic nitrogens is 1. The summed E-state index contributed by atoms with van der Waals surface area (Å²) in [5.74, 6) is -1.22. The molecule has 2 atom stereocenters. The van der Waals surface area contributed by atoms with Gasteiger partial charge in [0, 0.05) is 44.0 Å². The number of methoxy groups -OCH3 is 1. The van der Waals surface area contributed by atoms with Crippen LogP contribution in [0.15, 0.2) is 65.6 Å². The first kappa shape index (κ1) is 30.1. The van der Waals surface area contributed by atoms with Gasteiger partial charge in [-0.2, -0.15) is 0 Å². The molecule has 3 heterocycles. The highest BCUT2D eigenvalue weighted by atomic mass is 19.4. The Labute approximate surface area is 246 Å². The van der Waals surface area contributed by atoms with E-state index in [0.29, 0.717) is 31.1 Å². The van der Waals surface area contributed by atoms with Gasteiger partial charge in [0.2, 0.25) is 5.91 Å². The number of halogens is 3. The Morgan fingerprint density at radius 2 is 1.65 bits per heavy atom. The Morgan fingerprint density at radius 3 is 2.28 bits per heavy atom. The van der Waals surface area contributed by atoms with Gasteiger partial charge in [-0.1, -0.05) is 12.1 Å². The number of ether oxygens (including phenoxy) is 3. The lowest BCUT2D eigenvalue weighted by Gasteiger charge is -2.24. The zero-order valence-electron chi connectivity index (χ0n) is 23.7. The third-order valence-corrected chi connectivity index (χ3v) is 7.90. The number of carbonyl (C=O) groups is 2. The number of amides is 2. The van der Waals surface area contributed by atoms with Gasteiger partial charge in [-0.05, 0) is 79.3 Å². The molecule has 2 fully saturated rings. The SMILES string of the molecule is COc1ccc([C@@H]2CN(c3c(C)ccn(CC4CCOCC4)c3=O)C(=O)C2NC(=O)c2ccc(OC(F)(F)F)cc2)cc1. The van der Waals surface area contributed by atoms with E-state index in [1.807, 2.05) is 6.07 Å². The summed E-state index contributed by atoms with van der Waals surface area (Å²) in [6, 6.07) is 12.3. The average Bonchev–Trinajstić information content (AvgIpc) is 3.30. The number of nitrogens with one attached hydrogen (secondary N) is 1. The molecule has 1 aromatic heterocycles. The molecule has 0 spiro atoms. The average molecular weight is 600 g/mol. The Morgan fingerprint density at radius 1 is 1.00 bits per heavy atom. The molecule has 228 valence electrons. The van der Waals surface area contributed by atoms with Gasteiger partial charge in [-0.25, -0.2) is 0 Å². The maximum absolute atomic E-state index is 14.0. The molecule has 43 heavy (non-hydrogen) atoms. The number of hydrogen-bond acceptors (Lipinski definition) is 6. The predicted molar refractivity (Wildman–Crippen MR) is 151 cm³/mol. The van der Waals surface area contributed by atoms with E-state index in [0.717, 1.165) is 30.5 Å². The molecule has 0 saturated carbocycles. The standard InChI is InChI=1S/C31H32F3N3O6/c1-19-11-14-36(17-20-12-15-42-16-13-20)30(40)27(19)37-18-25(21-3-7-23(41-2)8-4-21)26(29(37)39)35-28(38)22-5-9-24(10-6-22)43-31(32,33)34/h3-11,14,20,25-26H,12-13,15-18H2,1-2H3,(H,35,38)/t25-,26?/m0/s1. The van der Waals surface area contributed by atoms with Gasteiger partial charge in [0.25, 0.3) is 11.5 Å². The first-order valence-corrected chi connectivity index (χ1v) is 13.9. The van der Waals surface area contributed by atoms with E-state index < -0.39 is 35.9 Å². The van der Waals surface area contributed by atoms with Gasteiger partial charge < -0.3 is 29.0 Å². The fourth-order valence-electron chi connectivity index (χ4n) is 5.61. The van der Waals surface area contributed by atoms with Crippen LogP contribution in [0, 0.1) is 12.8 Å². The maximum atomic E-state index is 14.0. The molecule has 9 nitrogen and oxygen atoms in total. The van der Waals surface area contributed by atoms with Crippen LogP contribution in [0.5, 0.6) is 11.5 Å². The fourth-order valence-corrected chi connectivity index (χ4v) is 5.61. The van der Waals surface area contributed by atoms with Crippen molar-refractivity contribution < 1.29 is 37.0 Å². The second-order valence-corrected chi connectivity index (χ2v) is 10.7. The molecule has 2 saturated heterocycles. The zero-order chi connectivity index (χ0) is 30.7. The van der Waals surface area contributed by atoms with Crippen LogP contribution in [-0.2, 0) is 16.1 Å². The number of hydrogen-bond donors (Lipinski definition) is 1. The summed E-state index contributed by atoms with van der Waals surface area (Å²) in [6.45, 7) is 3.69. The predicted octanol–water partition coefficient (Wildman–Crippen LogP) is 4.42. The van der Waals surface area contributed by atoms with Crippen LogP contribution in [0.1, 0.15) is 40.2 Å². The molecule has 0 bridgehead atoms. The highest BCUT2D eigenvalue weighted by molar-refractivity contribution is 6.05. The van der Waals surface area contributed by atoms with Crippen LogP contribution >= 0.6 is 0 Å². The summed E-state index contributed by atoms with van der Waals surface area (Å²) >= 11 is 0. The lowest BCUT2D eigenvalue weighted by atomic mass is 9.93. The molecule has 2 aliphatic rings. The topological polar surface area (TPSA) is 99.1 Å². The van der Waals surface area contributed by atoms with E-state index >= 15 is 0 Å². The van der Waals surface area contributed by atoms with E-state index in [4.69, 9.17) is 9.47 Å². The van der Waals surface area contributed by atoms with Gasteiger partial charge in [-0.15, -0.1) is 13.2 Å². The van der Waals surface area contributed by atoms with Crippen molar-refractivity contribution in [3.63, 3.8) is 0 Å². The summed E-state index contributed by atoms with van der Waals surface area (Å²) < 4.78 is 53.9. The normalized spacial score (nSPS) is 19.4. The van der Waals surface area contributed by atoms with E-state index in [-0.39, 0.29) is 29.3 Å². The molecule has 1 N–H and O–H groups in total. The molecule has 2 aliphatic heterocycles. The van der Waals surface area contributed by atoms with E-state index in [1.165, 1.54) is 24.1 Å². The van der Waals surface area contributed by atoms with Crippen molar-refractivity contribution in [3.8, 4) is 11.5 Å². The summed E-state index contributed by atoms with van der Waals surface area (Å²) in [5.41, 5.74) is 1.38. The van der Waals surface area contributed by atoms with Crippen molar-refractivity contribution in [2.45, 2.75) is 44.6 Å². The van der Waals surface area contributed by atoms with Crippen LogP contribution < -0.4 is 25.2 Å². The van der Waals surface area contributed by atoms with E-state index in [9.17, 15) is 27.6 Å². The van der Waals surface area contributed by atoms with E-state index in [2.05, 4.69) is 10.1 Å². The summed E-state index contributed by atoms with van der Waals surface area (Å²) in [7, 11) is 1.54. The quantitative estimate of drug-likeness (QED) is 0.412. The Bertz CT molecular complexity index is 1520. The number of pyridine rings is 1. The van der Waals surface area contributed by atoms with Gasteiger partial charge in [0.05, 0.1) is 7.11 Å². The van der Waals surface area contributed by atoms with Crippen LogP contribution in [0.4, 0.5) is 18.9 Å². The van der Waals surface area contributed by atoms with Gasteiger partial charge in [0.1, 0.15) is 23.2 Å². The smallest absolute Gasteiger partial charge is 0.497 e. The monoisotopic (exact) mass is 599 g/mol. The second kappa shape index (κ2) is 12.5. The minimum absolute atomic E-state index is 0.0453. The van der Waals surface area contributed by atoms with Crippen molar-refractivity contribution in [3.05, 3.63) is 87.8 Å². The first-order chi connectivity index (χ1) is 20.5. The molecular formula is C31H32F3N3O6. The van der Waals surface area contributed by atoms with E-state index in [1.54, 1.807) is 42.0 Å². The number of anilines is 1. The molecular weight excluding hydrogens is 567 g/mol. The van der Waals surface area contributed by atoms with Crippen LogP contribution in [-0.4, -0.2) is 55.7 Å². The van der Waals surface area contributed by atoms with Crippen molar-refractivity contribution in [1.29, 1.82) is 0 Å². The van der Waals surface area contributed by atoms with Crippen molar-refractivity contribution in [2.75, 3.05) is 31.8 Å². The second-order valence-electron chi connectivity index (χ2n) is 10.7. The number of aryl methyl sites for hydroxylation is 1. The number of benzene rings is 2. The summed E-state index contributed by atoms with van der Waals surface area (Å²) in [5, 5.41) is 2.76. The molecule has 5 rings (SSSR count). The zero-order valence-corrected chi connectivity index (χ0v) is 23.7. The minimum Gasteiger partial charge on any atom is -0.497 e. The molecule has 2 amide bonds. The highest BCUT2D eigenvalue weighted by Crippen LogP contribution is 2.34. The molecule has 0 radical (unpaired) electrons. The first-order valence-electron chi connectivity index (χ1n) is 13.9. The Kier molecular flexibility index (Phi) is 8.77. The van der Waals surface area contributed by atoms with Gasteiger partial charge in [-0.3, -0.25) is 14.4 Å². The maximum Gasteiger partial charge on any atom is 0.573 e. The minimum atomic E-state index is -4.87. The van der Waals surface area contributed by atoms with Gasteiger partial charge in [0.15, 0.2) is 0 Å². The van der Waals surface area contributed by atoms with Crippen LogP contribution in [0.3, 0.4) is 0 Å². The molecule has 2 aromatic carbocycles. The highest BCUT2D eigenvalue weighted by Gasteiger charge is 2.44. The molecule has 12 heteroatoms. The van der Waals surface area contributed by atoms with Crippen molar-refractivity contribution in [2.24, 2.45) is 5.92 Å². The molecule has 0 aliphatic carbocycles. The molecule has 1 unspecified atom stereocenters. The fraction of sp³-hybridized carbons (Fsp3) is 0.387. The Hall–Kier alpha value is -4.32. The number of rotatable bonds is 8. The number of alkyl halides is 3. The largest absolute Gasteiger partial charge is 0.573 e. The number of carbonyl (C=O) groups excluding carboxylic acids is 2. The lowest BCUT2D eigenvalue weighted by Crippen LogP contribution is -2.44. The molecule has 3 aromatic rings. The van der Waals surface area contributed by atoms with Crippen molar-refractivity contribution in [1.82, 2.24) is 9.88 Å². The Balaban J connectivity index is 1.44.